The molecule has 4 heterocycles. The Hall–Kier alpha value is -2.52. The van der Waals surface area contributed by atoms with E-state index in [0.29, 0.717) is 35.3 Å². The maximum atomic E-state index is 12.4. The Bertz CT molecular complexity index is 830. The van der Waals surface area contributed by atoms with Crippen LogP contribution in [-0.2, 0) is 6.54 Å². The molecule has 3 atom stereocenters. The molecule has 0 bridgehead atoms. The molecule has 0 spiro atoms. The van der Waals surface area contributed by atoms with Gasteiger partial charge in [0, 0.05) is 43.2 Å². The molecule has 29 heavy (non-hydrogen) atoms. The lowest BCUT2D eigenvalue weighted by Crippen LogP contribution is -2.46. The molecule has 2 aliphatic rings. The van der Waals surface area contributed by atoms with E-state index < -0.39 is 0 Å². The van der Waals surface area contributed by atoms with Gasteiger partial charge in [-0.2, -0.15) is 4.98 Å². The molecule has 0 aliphatic carbocycles. The van der Waals surface area contributed by atoms with E-state index in [1.165, 1.54) is 0 Å². The van der Waals surface area contributed by atoms with Gasteiger partial charge in [-0.25, -0.2) is 4.98 Å². The van der Waals surface area contributed by atoms with Crippen molar-refractivity contribution in [3.05, 3.63) is 35.6 Å². The van der Waals surface area contributed by atoms with Crippen molar-refractivity contribution in [2.24, 2.45) is 5.92 Å². The summed E-state index contributed by atoms with van der Waals surface area (Å²) in [5.41, 5.74) is 7.36. The van der Waals surface area contributed by atoms with Crippen molar-refractivity contribution in [2.75, 3.05) is 18.0 Å². The molecule has 156 valence electrons. The Morgan fingerprint density at radius 2 is 2.24 bits per heavy atom. The minimum atomic E-state index is -0.200. The Balaban J connectivity index is 1.34. The van der Waals surface area contributed by atoms with Crippen LogP contribution in [-0.4, -0.2) is 46.2 Å². The van der Waals surface area contributed by atoms with E-state index in [1.807, 2.05) is 26.0 Å². The van der Waals surface area contributed by atoms with Gasteiger partial charge < -0.3 is 14.7 Å². The maximum Gasteiger partial charge on any atom is 0.253 e. The third kappa shape index (κ3) is 4.25. The summed E-state index contributed by atoms with van der Waals surface area (Å²) in [4.78, 5) is 23.5. The van der Waals surface area contributed by atoms with Gasteiger partial charge in [-0.3, -0.25) is 15.6 Å². The molecule has 2 fully saturated rings. The van der Waals surface area contributed by atoms with Crippen LogP contribution in [0.25, 0.3) is 0 Å². The van der Waals surface area contributed by atoms with E-state index >= 15 is 0 Å². The Morgan fingerprint density at radius 3 is 2.93 bits per heavy atom. The van der Waals surface area contributed by atoms with Crippen LogP contribution in [0.5, 0.6) is 0 Å². The van der Waals surface area contributed by atoms with E-state index in [0.717, 1.165) is 31.7 Å². The average molecular weight is 399 g/mol. The summed E-state index contributed by atoms with van der Waals surface area (Å²) in [6.45, 7) is 8.33. The molecule has 1 amide bonds. The quantitative estimate of drug-likeness (QED) is 0.672. The number of hydrazine groups is 1. The number of carbonyl (C=O) groups is 1. The van der Waals surface area contributed by atoms with Crippen molar-refractivity contribution >= 4 is 11.7 Å². The number of fused-ring (bicyclic) bond motifs is 1. The molecular formula is C20H29N7O2. The summed E-state index contributed by atoms with van der Waals surface area (Å²) in [6.07, 6.45) is 3.82. The van der Waals surface area contributed by atoms with Crippen molar-refractivity contribution in [1.82, 2.24) is 31.3 Å². The third-order valence-electron chi connectivity index (χ3n) is 5.79. The molecule has 0 radical (unpaired) electrons. The molecule has 0 saturated carbocycles. The number of rotatable bonds is 6. The fraction of sp³-hybridized carbons (Fsp3) is 0.600. The van der Waals surface area contributed by atoms with Gasteiger partial charge >= 0.3 is 0 Å². The molecule has 4 rings (SSSR count). The number of aromatic nitrogens is 3. The van der Waals surface area contributed by atoms with Gasteiger partial charge in [-0.1, -0.05) is 25.9 Å². The second-order valence-corrected chi connectivity index (χ2v) is 8.10. The summed E-state index contributed by atoms with van der Waals surface area (Å²) in [5, 5.41) is 6.70. The third-order valence-corrected chi connectivity index (χ3v) is 5.79. The average Bonchev–Trinajstić information content (AvgIpc) is 3.38. The molecule has 3 N–H and O–H groups in total. The van der Waals surface area contributed by atoms with Crippen LogP contribution in [0.1, 0.15) is 61.6 Å². The molecule has 2 aromatic rings. The predicted molar refractivity (Wildman–Crippen MR) is 108 cm³/mol. The first kappa shape index (κ1) is 19.8. The van der Waals surface area contributed by atoms with Gasteiger partial charge in [-0.05, 0) is 25.0 Å². The molecule has 0 aromatic carbocycles. The van der Waals surface area contributed by atoms with Gasteiger partial charge in [0.05, 0.1) is 12.1 Å². The Labute approximate surface area is 170 Å². The number of nitrogens with zero attached hydrogens (tertiary/aromatic N) is 4. The summed E-state index contributed by atoms with van der Waals surface area (Å²) in [6, 6.07) is 4.77. The monoisotopic (exact) mass is 399 g/mol. The number of carbonyl (C=O) groups excluding carboxylic acids is 1. The zero-order valence-corrected chi connectivity index (χ0v) is 17.2. The standard InChI is InChI=1S/C20H29N7O2/c1-4-15-14-11-27(8-7-16(14)25-24-15)18-6-5-13(9-21-18)19(28)22-10-17-23-20(12(2)3)29-26-17/h5-6,9,12,14-16,24-25H,4,7-8,10-11H2,1-3H3,(H,22,28). The Morgan fingerprint density at radius 1 is 1.38 bits per heavy atom. The first-order valence-corrected chi connectivity index (χ1v) is 10.4. The SMILES string of the molecule is CCC1NNC2CCN(c3ccc(C(=O)NCc4noc(C(C)C)n4)cn3)CC12. The molecule has 3 unspecified atom stereocenters. The highest BCUT2D eigenvalue weighted by Gasteiger charge is 2.39. The highest BCUT2D eigenvalue weighted by molar-refractivity contribution is 5.93. The van der Waals surface area contributed by atoms with Crippen LogP contribution in [0, 0.1) is 5.92 Å². The Kier molecular flexibility index (Phi) is 5.77. The van der Waals surface area contributed by atoms with Crippen molar-refractivity contribution in [3.8, 4) is 0 Å². The normalized spacial score (nSPS) is 24.0. The molecule has 9 heteroatoms. The number of piperidine rings is 1. The van der Waals surface area contributed by atoms with Gasteiger partial charge in [0.15, 0.2) is 5.82 Å². The molecule has 9 nitrogen and oxygen atoms in total. The largest absolute Gasteiger partial charge is 0.356 e. The van der Waals surface area contributed by atoms with Crippen molar-refractivity contribution in [3.63, 3.8) is 0 Å². The predicted octanol–water partition coefficient (Wildman–Crippen LogP) is 1.60. The van der Waals surface area contributed by atoms with E-state index in [1.54, 1.807) is 6.20 Å². The number of hydrogen-bond donors (Lipinski definition) is 3. The fourth-order valence-electron chi connectivity index (χ4n) is 4.05. The summed E-state index contributed by atoms with van der Waals surface area (Å²) < 4.78 is 5.15. The summed E-state index contributed by atoms with van der Waals surface area (Å²) in [7, 11) is 0. The van der Waals surface area contributed by atoms with Gasteiger partial charge in [0.25, 0.3) is 5.91 Å². The van der Waals surface area contributed by atoms with E-state index in [-0.39, 0.29) is 18.4 Å². The number of amides is 1. The lowest BCUT2D eigenvalue weighted by molar-refractivity contribution is 0.0949. The van der Waals surface area contributed by atoms with Crippen LogP contribution in [0.4, 0.5) is 5.82 Å². The lowest BCUT2D eigenvalue weighted by Gasteiger charge is -2.36. The second kappa shape index (κ2) is 8.46. The highest BCUT2D eigenvalue weighted by atomic mass is 16.5. The summed E-state index contributed by atoms with van der Waals surface area (Å²) >= 11 is 0. The maximum absolute atomic E-state index is 12.4. The molecule has 2 saturated heterocycles. The van der Waals surface area contributed by atoms with Crippen LogP contribution in [0.2, 0.25) is 0 Å². The van der Waals surface area contributed by atoms with Gasteiger partial charge in [0.2, 0.25) is 5.89 Å². The van der Waals surface area contributed by atoms with Crippen LogP contribution in [0.15, 0.2) is 22.9 Å². The van der Waals surface area contributed by atoms with Crippen molar-refractivity contribution in [1.29, 1.82) is 0 Å². The number of hydrogen-bond acceptors (Lipinski definition) is 8. The molecular weight excluding hydrogens is 370 g/mol. The van der Waals surface area contributed by atoms with E-state index in [4.69, 9.17) is 4.52 Å². The van der Waals surface area contributed by atoms with Crippen LogP contribution < -0.4 is 21.1 Å². The van der Waals surface area contributed by atoms with Gasteiger partial charge in [-0.15, -0.1) is 0 Å². The lowest BCUT2D eigenvalue weighted by atomic mass is 9.87. The molecule has 2 aliphatic heterocycles. The second-order valence-electron chi connectivity index (χ2n) is 8.10. The van der Waals surface area contributed by atoms with E-state index in [9.17, 15) is 4.79 Å². The summed E-state index contributed by atoms with van der Waals surface area (Å²) in [5.74, 6) is 2.50. The fourth-order valence-corrected chi connectivity index (χ4v) is 4.05. The number of pyridine rings is 1. The van der Waals surface area contributed by atoms with Gasteiger partial charge in [0.1, 0.15) is 5.82 Å². The van der Waals surface area contributed by atoms with Crippen LogP contribution in [0.3, 0.4) is 0 Å². The van der Waals surface area contributed by atoms with Crippen molar-refractivity contribution < 1.29 is 9.32 Å². The zero-order valence-electron chi connectivity index (χ0n) is 17.2. The minimum Gasteiger partial charge on any atom is -0.356 e. The first-order chi connectivity index (χ1) is 14.0. The topological polar surface area (TPSA) is 108 Å². The van der Waals surface area contributed by atoms with Crippen molar-refractivity contribution in [2.45, 2.75) is 58.2 Å². The first-order valence-electron chi connectivity index (χ1n) is 10.4. The van der Waals surface area contributed by atoms with Crippen LogP contribution >= 0.6 is 0 Å². The smallest absolute Gasteiger partial charge is 0.253 e. The molecule has 2 aromatic heterocycles. The highest BCUT2D eigenvalue weighted by Crippen LogP contribution is 2.28. The van der Waals surface area contributed by atoms with E-state index in [2.05, 4.69) is 43.1 Å². The number of nitrogens with one attached hydrogen (secondary N) is 3. The number of anilines is 1. The zero-order chi connectivity index (χ0) is 20.4. The minimum absolute atomic E-state index is 0.164.